The molecule has 1 fully saturated rings. The molecule has 1 heterocycles. The van der Waals surface area contributed by atoms with Crippen molar-refractivity contribution in [1.82, 2.24) is 10.6 Å². The molecule has 5 nitrogen and oxygen atoms in total. The van der Waals surface area contributed by atoms with E-state index in [9.17, 15) is 0 Å². The Hall–Kier alpha value is -0.570. The molecule has 0 amide bonds. The number of rotatable bonds is 9. The molecule has 7 heteroatoms. The molecule has 0 spiro atoms. The molecule has 1 saturated heterocycles. The summed E-state index contributed by atoms with van der Waals surface area (Å²) in [6, 6.07) is 7.93. The molecule has 25 heavy (non-hydrogen) atoms. The summed E-state index contributed by atoms with van der Waals surface area (Å²) in [4.78, 5) is 4.23. The van der Waals surface area contributed by atoms with Crippen LogP contribution in [-0.4, -0.2) is 52.5 Å². The van der Waals surface area contributed by atoms with Gasteiger partial charge in [-0.3, -0.25) is 4.99 Å². The molecule has 0 radical (unpaired) electrons. The molecule has 1 unspecified atom stereocenters. The summed E-state index contributed by atoms with van der Waals surface area (Å²) in [5.41, 5.74) is 1.26. The van der Waals surface area contributed by atoms with Gasteiger partial charge in [-0.25, -0.2) is 0 Å². The van der Waals surface area contributed by atoms with Crippen LogP contribution in [0.3, 0.4) is 0 Å². The Morgan fingerprint density at radius 3 is 2.72 bits per heavy atom. The summed E-state index contributed by atoms with van der Waals surface area (Å²) in [5.74, 6) is 1.41. The van der Waals surface area contributed by atoms with E-state index in [-0.39, 0.29) is 24.0 Å². The summed E-state index contributed by atoms with van der Waals surface area (Å²) in [6.45, 7) is 5.00. The van der Waals surface area contributed by atoms with Crippen LogP contribution in [0.4, 0.5) is 0 Å². The van der Waals surface area contributed by atoms with E-state index >= 15 is 0 Å². The van der Waals surface area contributed by atoms with Crippen molar-refractivity contribution < 1.29 is 9.47 Å². The van der Waals surface area contributed by atoms with Gasteiger partial charge in [0.1, 0.15) is 0 Å². The Balaban J connectivity index is 0.00000312. The van der Waals surface area contributed by atoms with Crippen molar-refractivity contribution in [3.05, 3.63) is 34.9 Å². The highest BCUT2D eigenvalue weighted by molar-refractivity contribution is 14.0. The molecule has 1 aromatic rings. The van der Waals surface area contributed by atoms with Crippen molar-refractivity contribution in [3.63, 3.8) is 0 Å². The largest absolute Gasteiger partial charge is 0.381 e. The van der Waals surface area contributed by atoms with Crippen LogP contribution in [-0.2, 0) is 15.9 Å². The van der Waals surface area contributed by atoms with E-state index in [1.54, 1.807) is 7.05 Å². The zero-order chi connectivity index (χ0) is 17.0. The molecule has 1 aromatic carbocycles. The highest BCUT2D eigenvalue weighted by Gasteiger charge is 2.15. The molecule has 1 atom stereocenters. The van der Waals surface area contributed by atoms with Crippen LogP contribution in [0.25, 0.3) is 0 Å². The summed E-state index contributed by atoms with van der Waals surface area (Å²) in [7, 11) is 1.79. The van der Waals surface area contributed by atoms with Crippen LogP contribution in [0.15, 0.2) is 29.3 Å². The summed E-state index contributed by atoms with van der Waals surface area (Å²) in [5, 5.41) is 7.39. The standard InChI is InChI=1S/C18H28ClN3O2.HI/c1-20-18(22-10-7-15-3-5-17(19)6-4-15)21-9-2-11-23-13-16-8-12-24-14-16;/h3-6,16H,2,7-14H2,1H3,(H2,20,21,22);1H. The predicted octanol–water partition coefficient (Wildman–Crippen LogP) is 3.11. The van der Waals surface area contributed by atoms with E-state index < -0.39 is 0 Å². The number of hydrogen-bond donors (Lipinski definition) is 2. The van der Waals surface area contributed by atoms with Crippen molar-refractivity contribution in [2.45, 2.75) is 19.3 Å². The van der Waals surface area contributed by atoms with Crippen LogP contribution in [0.1, 0.15) is 18.4 Å². The van der Waals surface area contributed by atoms with Crippen molar-refractivity contribution in [2.24, 2.45) is 10.9 Å². The van der Waals surface area contributed by atoms with E-state index in [1.165, 1.54) is 5.56 Å². The molecule has 0 saturated carbocycles. The van der Waals surface area contributed by atoms with Crippen molar-refractivity contribution in [2.75, 3.05) is 46.6 Å². The fourth-order valence-corrected chi connectivity index (χ4v) is 2.67. The van der Waals surface area contributed by atoms with Gasteiger partial charge in [0.15, 0.2) is 5.96 Å². The Labute approximate surface area is 172 Å². The zero-order valence-corrected chi connectivity index (χ0v) is 17.9. The minimum atomic E-state index is 0. The maximum absolute atomic E-state index is 5.89. The fourth-order valence-electron chi connectivity index (χ4n) is 2.54. The number of aliphatic imine (C=N–C) groups is 1. The first-order valence-corrected chi connectivity index (χ1v) is 9.00. The van der Waals surface area contributed by atoms with Gasteiger partial charge in [-0.05, 0) is 37.0 Å². The van der Waals surface area contributed by atoms with Crippen molar-refractivity contribution in [1.29, 1.82) is 0 Å². The van der Waals surface area contributed by atoms with Gasteiger partial charge in [0.05, 0.1) is 13.2 Å². The van der Waals surface area contributed by atoms with Gasteiger partial charge in [0.2, 0.25) is 0 Å². The molecule has 142 valence electrons. The second kappa shape index (κ2) is 13.6. The SMILES string of the molecule is CN=C(NCCCOCC1CCOC1)NCCc1ccc(Cl)cc1.I. The van der Waals surface area contributed by atoms with Crippen LogP contribution in [0, 0.1) is 5.92 Å². The van der Waals surface area contributed by atoms with Gasteiger partial charge in [-0.2, -0.15) is 0 Å². The maximum Gasteiger partial charge on any atom is 0.190 e. The lowest BCUT2D eigenvalue weighted by atomic mass is 10.1. The highest BCUT2D eigenvalue weighted by atomic mass is 127. The lowest BCUT2D eigenvalue weighted by molar-refractivity contribution is 0.0888. The number of nitrogens with zero attached hydrogens (tertiary/aromatic N) is 1. The second-order valence-electron chi connectivity index (χ2n) is 5.96. The lowest BCUT2D eigenvalue weighted by Gasteiger charge is -2.12. The molecule has 2 rings (SSSR count). The fraction of sp³-hybridized carbons (Fsp3) is 0.611. The second-order valence-corrected chi connectivity index (χ2v) is 6.40. The lowest BCUT2D eigenvalue weighted by Crippen LogP contribution is -2.39. The van der Waals surface area contributed by atoms with E-state index in [2.05, 4.69) is 15.6 Å². The van der Waals surface area contributed by atoms with Crippen LogP contribution in [0.5, 0.6) is 0 Å². The first-order chi connectivity index (χ1) is 11.8. The summed E-state index contributed by atoms with van der Waals surface area (Å²) in [6.07, 6.45) is 3.03. The average molecular weight is 482 g/mol. The number of halogens is 2. The Morgan fingerprint density at radius 2 is 2.04 bits per heavy atom. The van der Waals surface area contributed by atoms with Crippen LogP contribution < -0.4 is 10.6 Å². The normalized spacial score (nSPS) is 17.2. The summed E-state index contributed by atoms with van der Waals surface area (Å²) < 4.78 is 11.0. The summed E-state index contributed by atoms with van der Waals surface area (Å²) >= 11 is 5.89. The Bertz CT molecular complexity index is 494. The minimum Gasteiger partial charge on any atom is -0.381 e. The minimum absolute atomic E-state index is 0. The van der Waals surface area contributed by atoms with Crippen LogP contribution >= 0.6 is 35.6 Å². The van der Waals surface area contributed by atoms with E-state index in [4.69, 9.17) is 21.1 Å². The van der Waals surface area contributed by atoms with E-state index in [0.29, 0.717) is 5.92 Å². The Morgan fingerprint density at radius 1 is 1.28 bits per heavy atom. The third-order valence-corrected chi connectivity index (χ3v) is 4.23. The third-order valence-electron chi connectivity index (χ3n) is 3.98. The first-order valence-electron chi connectivity index (χ1n) is 8.62. The quantitative estimate of drug-likeness (QED) is 0.246. The molecule has 0 aliphatic carbocycles. The van der Waals surface area contributed by atoms with Gasteiger partial charge >= 0.3 is 0 Å². The number of hydrogen-bond acceptors (Lipinski definition) is 3. The molecule has 1 aliphatic rings. The van der Waals surface area contributed by atoms with Crippen molar-refractivity contribution >= 4 is 41.5 Å². The first kappa shape index (κ1) is 22.5. The number of ether oxygens (including phenoxy) is 2. The smallest absolute Gasteiger partial charge is 0.190 e. The van der Waals surface area contributed by atoms with Gasteiger partial charge < -0.3 is 20.1 Å². The predicted molar refractivity (Wildman–Crippen MR) is 114 cm³/mol. The molecule has 0 aromatic heterocycles. The third kappa shape index (κ3) is 9.63. The average Bonchev–Trinajstić information content (AvgIpc) is 3.11. The number of benzene rings is 1. The zero-order valence-electron chi connectivity index (χ0n) is 14.8. The molecular formula is C18H29ClIN3O2. The van der Waals surface area contributed by atoms with Crippen LogP contribution in [0.2, 0.25) is 5.02 Å². The van der Waals surface area contributed by atoms with Crippen molar-refractivity contribution in [3.8, 4) is 0 Å². The molecular weight excluding hydrogens is 453 g/mol. The monoisotopic (exact) mass is 481 g/mol. The van der Waals surface area contributed by atoms with Gasteiger partial charge in [-0.1, -0.05) is 23.7 Å². The number of nitrogens with one attached hydrogen (secondary N) is 2. The molecule has 0 bridgehead atoms. The van der Waals surface area contributed by atoms with E-state index in [1.807, 2.05) is 24.3 Å². The van der Waals surface area contributed by atoms with Gasteiger partial charge in [0.25, 0.3) is 0 Å². The molecule has 1 aliphatic heterocycles. The highest BCUT2D eigenvalue weighted by Crippen LogP contribution is 2.12. The van der Waals surface area contributed by atoms with Gasteiger partial charge in [-0.15, -0.1) is 24.0 Å². The molecule has 2 N–H and O–H groups in total. The van der Waals surface area contributed by atoms with Gasteiger partial charge in [0, 0.05) is 44.3 Å². The maximum atomic E-state index is 5.89. The Kier molecular flexibility index (Phi) is 12.2. The number of guanidine groups is 1. The topological polar surface area (TPSA) is 54.9 Å². The van der Waals surface area contributed by atoms with E-state index in [0.717, 1.165) is 69.8 Å².